The van der Waals surface area contributed by atoms with Crippen LogP contribution in [0.4, 0.5) is 0 Å². The van der Waals surface area contributed by atoms with E-state index >= 15 is 0 Å². The van der Waals surface area contributed by atoms with E-state index in [4.69, 9.17) is 9.84 Å². The van der Waals surface area contributed by atoms with Gasteiger partial charge in [0.25, 0.3) is 0 Å². The number of hydrogen-bond donors (Lipinski definition) is 3. The SMILES string of the molecule is CC(C)CC(C)OCC(O)CNC(C)CCCO. The van der Waals surface area contributed by atoms with Crippen molar-refractivity contribution in [1.82, 2.24) is 5.32 Å². The minimum Gasteiger partial charge on any atom is -0.396 e. The molecule has 0 aromatic carbocycles. The first-order valence-electron chi connectivity index (χ1n) is 7.09. The Balaban J connectivity index is 3.55. The summed E-state index contributed by atoms with van der Waals surface area (Å²) in [5.74, 6) is 0.619. The van der Waals surface area contributed by atoms with Crippen molar-refractivity contribution in [2.24, 2.45) is 5.92 Å². The first-order chi connectivity index (χ1) is 8.45. The zero-order chi connectivity index (χ0) is 14.0. The Morgan fingerprint density at radius 2 is 1.83 bits per heavy atom. The summed E-state index contributed by atoms with van der Waals surface area (Å²) in [6.45, 7) is 9.59. The molecule has 110 valence electrons. The third-order valence-electron chi connectivity index (χ3n) is 2.87. The van der Waals surface area contributed by atoms with Crippen molar-refractivity contribution in [3.8, 4) is 0 Å². The monoisotopic (exact) mass is 261 g/mol. The fourth-order valence-corrected chi connectivity index (χ4v) is 1.90. The lowest BCUT2D eigenvalue weighted by atomic mass is 10.1. The molecule has 3 unspecified atom stereocenters. The number of aliphatic hydroxyl groups excluding tert-OH is 2. The van der Waals surface area contributed by atoms with E-state index in [-0.39, 0.29) is 12.7 Å². The topological polar surface area (TPSA) is 61.7 Å². The summed E-state index contributed by atoms with van der Waals surface area (Å²) in [5.41, 5.74) is 0. The van der Waals surface area contributed by atoms with Gasteiger partial charge in [0.15, 0.2) is 0 Å². The highest BCUT2D eigenvalue weighted by molar-refractivity contribution is 4.66. The molecule has 3 atom stereocenters. The highest BCUT2D eigenvalue weighted by atomic mass is 16.5. The lowest BCUT2D eigenvalue weighted by molar-refractivity contribution is -0.00922. The van der Waals surface area contributed by atoms with Crippen LogP contribution < -0.4 is 5.32 Å². The van der Waals surface area contributed by atoms with Crippen LogP contribution in [0.5, 0.6) is 0 Å². The van der Waals surface area contributed by atoms with Crippen molar-refractivity contribution >= 4 is 0 Å². The Hall–Kier alpha value is -0.160. The number of aliphatic hydroxyl groups is 2. The van der Waals surface area contributed by atoms with E-state index < -0.39 is 6.10 Å². The fourth-order valence-electron chi connectivity index (χ4n) is 1.90. The van der Waals surface area contributed by atoms with Gasteiger partial charge in [-0.3, -0.25) is 0 Å². The fraction of sp³-hybridized carbons (Fsp3) is 1.00. The van der Waals surface area contributed by atoms with Crippen molar-refractivity contribution in [3.63, 3.8) is 0 Å². The summed E-state index contributed by atoms with van der Waals surface area (Å²) in [6, 6.07) is 0.319. The number of hydrogen-bond acceptors (Lipinski definition) is 4. The molecule has 0 aromatic heterocycles. The van der Waals surface area contributed by atoms with E-state index in [0.717, 1.165) is 19.3 Å². The van der Waals surface area contributed by atoms with Crippen LogP contribution in [0.25, 0.3) is 0 Å². The van der Waals surface area contributed by atoms with Crippen molar-refractivity contribution in [3.05, 3.63) is 0 Å². The van der Waals surface area contributed by atoms with Crippen LogP contribution in [0.2, 0.25) is 0 Å². The highest BCUT2D eigenvalue weighted by Crippen LogP contribution is 2.07. The zero-order valence-corrected chi connectivity index (χ0v) is 12.4. The minimum absolute atomic E-state index is 0.200. The van der Waals surface area contributed by atoms with Crippen LogP contribution in [-0.2, 0) is 4.74 Å². The average Bonchev–Trinajstić information content (AvgIpc) is 2.30. The second kappa shape index (κ2) is 10.7. The van der Waals surface area contributed by atoms with Crippen molar-refractivity contribution < 1.29 is 14.9 Å². The van der Waals surface area contributed by atoms with Gasteiger partial charge in [0.05, 0.1) is 18.8 Å². The van der Waals surface area contributed by atoms with Crippen LogP contribution in [0.3, 0.4) is 0 Å². The molecule has 0 aliphatic rings. The molecule has 0 spiro atoms. The van der Waals surface area contributed by atoms with Gasteiger partial charge >= 0.3 is 0 Å². The molecule has 0 fully saturated rings. The largest absolute Gasteiger partial charge is 0.396 e. The maximum absolute atomic E-state index is 9.77. The molecular formula is C14H31NO3. The maximum atomic E-state index is 9.77. The molecule has 4 nitrogen and oxygen atoms in total. The van der Waals surface area contributed by atoms with E-state index in [1.165, 1.54) is 0 Å². The van der Waals surface area contributed by atoms with E-state index in [9.17, 15) is 5.11 Å². The Morgan fingerprint density at radius 1 is 1.17 bits per heavy atom. The van der Waals surface area contributed by atoms with Gasteiger partial charge in [0, 0.05) is 19.2 Å². The molecule has 0 bridgehead atoms. The standard InChI is InChI=1S/C14H31NO3/c1-11(2)8-13(4)18-10-14(17)9-15-12(3)6-5-7-16/h11-17H,5-10H2,1-4H3. The maximum Gasteiger partial charge on any atom is 0.0897 e. The minimum atomic E-state index is -0.462. The molecule has 0 amide bonds. The molecule has 0 aliphatic carbocycles. The quantitative estimate of drug-likeness (QED) is 0.528. The second-order valence-corrected chi connectivity index (χ2v) is 5.60. The summed E-state index contributed by atoms with van der Waals surface area (Å²) < 4.78 is 5.60. The third kappa shape index (κ3) is 11.0. The molecule has 0 radical (unpaired) electrons. The third-order valence-corrected chi connectivity index (χ3v) is 2.87. The predicted molar refractivity (Wildman–Crippen MR) is 74.7 cm³/mol. The molecule has 0 heterocycles. The molecule has 0 saturated heterocycles. The Bertz CT molecular complexity index is 188. The van der Waals surface area contributed by atoms with Gasteiger partial charge in [0.2, 0.25) is 0 Å². The Kier molecular flexibility index (Phi) is 10.6. The summed E-state index contributed by atoms with van der Waals surface area (Å²) in [5, 5.41) is 21.7. The second-order valence-electron chi connectivity index (χ2n) is 5.60. The van der Waals surface area contributed by atoms with Crippen LogP contribution in [0.1, 0.15) is 47.0 Å². The van der Waals surface area contributed by atoms with Gasteiger partial charge in [-0.1, -0.05) is 13.8 Å². The summed E-state index contributed by atoms with van der Waals surface area (Å²) in [6.07, 6.45) is 2.48. The molecule has 18 heavy (non-hydrogen) atoms. The lowest BCUT2D eigenvalue weighted by Gasteiger charge is -2.20. The van der Waals surface area contributed by atoms with Gasteiger partial charge in [-0.2, -0.15) is 0 Å². The van der Waals surface area contributed by atoms with Crippen molar-refractivity contribution in [1.29, 1.82) is 0 Å². The van der Waals surface area contributed by atoms with Gasteiger partial charge < -0.3 is 20.3 Å². The molecule has 3 N–H and O–H groups in total. The zero-order valence-electron chi connectivity index (χ0n) is 12.4. The van der Waals surface area contributed by atoms with Crippen molar-refractivity contribution in [2.45, 2.75) is 65.2 Å². The molecule has 0 saturated carbocycles. The van der Waals surface area contributed by atoms with E-state index in [0.29, 0.717) is 25.1 Å². The molecule has 0 aliphatic heterocycles. The number of nitrogens with one attached hydrogen (secondary N) is 1. The predicted octanol–water partition coefficient (Wildman–Crippen LogP) is 1.55. The number of rotatable bonds is 11. The highest BCUT2D eigenvalue weighted by Gasteiger charge is 2.10. The van der Waals surface area contributed by atoms with Gasteiger partial charge in [-0.05, 0) is 39.0 Å². The van der Waals surface area contributed by atoms with Crippen LogP contribution in [-0.4, -0.2) is 48.2 Å². The number of ether oxygens (including phenoxy) is 1. The van der Waals surface area contributed by atoms with Gasteiger partial charge in [-0.25, -0.2) is 0 Å². The van der Waals surface area contributed by atoms with E-state index in [1.54, 1.807) is 0 Å². The van der Waals surface area contributed by atoms with Crippen LogP contribution in [0, 0.1) is 5.92 Å². The molecule has 0 aromatic rings. The molecular weight excluding hydrogens is 230 g/mol. The Morgan fingerprint density at radius 3 is 2.39 bits per heavy atom. The van der Waals surface area contributed by atoms with Gasteiger partial charge in [0.1, 0.15) is 0 Å². The van der Waals surface area contributed by atoms with Crippen molar-refractivity contribution in [2.75, 3.05) is 19.8 Å². The van der Waals surface area contributed by atoms with E-state index in [1.807, 2.05) is 6.92 Å². The van der Waals surface area contributed by atoms with Gasteiger partial charge in [-0.15, -0.1) is 0 Å². The summed E-state index contributed by atoms with van der Waals surface area (Å²) in [7, 11) is 0. The Labute approximate surface area is 112 Å². The molecule has 0 rings (SSSR count). The van der Waals surface area contributed by atoms with Crippen LogP contribution in [0.15, 0.2) is 0 Å². The summed E-state index contributed by atoms with van der Waals surface area (Å²) >= 11 is 0. The van der Waals surface area contributed by atoms with E-state index in [2.05, 4.69) is 26.1 Å². The lowest BCUT2D eigenvalue weighted by Crippen LogP contribution is -2.36. The summed E-state index contributed by atoms with van der Waals surface area (Å²) in [4.78, 5) is 0. The normalized spacial score (nSPS) is 16.8. The average molecular weight is 261 g/mol. The van der Waals surface area contributed by atoms with Crippen LogP contribution >= 0.6 is 0 Å². The first kappa shape index (κ1) is 17.8. The smallest absolute Gasteiger partial charge is 0.0897 e. The first-order valence-corrected chi connectivity index (χ1v) is 7.09. The molecule has 4 heteroatoms.